The van der Waals surface area contributed by atoms with Crippen LogP contribution in [0, 0.1) is 0 Å². The van der Waals surface area contributed by atoms with E-state index >= 15 is 0 Å². The normalized spacial score (nSPS) is 20.0. The summed E-state index contributed by atoms with van der Waals surface area (Å²) in [6.07, 6.45) is 1.59. The quantitative estimate of drug-likeness (QED) is 0.764. The molecule has 0 spiro atoms. The molecule has 4 nitrogen and oxygen atoms in total. The molecule has 1 amide bonds. The number of benzene rings is 1. The van der Waals surface area contributed by atoms with E-state index in [1.807, 2.05) is 35.2 Å². The summed E-state index contributed by atoms with van der Waals surface area (Å²) in [6, 6.07) is 9.95. The van der Waals surface area contributed by atoms with Crippen molar-refractivity contribution in [3.8, 4) is 0 Å². The summed E-state index contributed by atoms with van der Waals surface area (Å²) >= 11 is 1.49. The molecule has 0 saturated carbocycles. The topological polar surface area (TPSA) is 54.5 Å². The molecule has 0 radical (unpaired) electrons. The maximum atomic E-state index is 12.4. The van der Waals surface area contributed by atoms with Crippen molar-refractivity contribution in [2.45, 2.75) is 31.6 Å². The average Bonchev–Trinajstić information content (AvgIpc) is 2.85. The van der Waals surface area contributed by atoms with E-state index < -0.39 is 9.84 Å². The highest BCUT2D eigenvalue weighted by Gasteiger charge is 2.29. The lowest BCUT2D eigenvalue weighted by atomic mass is 10.2. The van der Waals surface area contributed by atoms with Gasteiger partial charge in [-0.25, -0.2) is 8.42 Å². The van der Waals surface area contributed by atoms with Crippen molar-refractivity contribution in [2.75, 3.05) is 23.8 Å². The molecular weight excluding hydrogens is 318 g/mol. The van der Waals surface area contributed by atoms with Gasteiger partial charge in [-0.15, -0.1) is 11.8 Å². The molecule has 1 unspecified atom stereocenters. The number of rotatable bonds is 7. The summed E-state index contributed by atoms with van der Waals surface area (Å²) in [5, 5.41) is 0.0779. The van der Waals surface area contributed by atoms with Gasteiger partial charge in [0, 0.05) is 18.3 Å². The van der Waals surface area contributed by atoms with Gasteiger partial charge in [-0.05, 0) is 18.4 Å². The molecule has 22 heavy (non-hydrogen) atoms. The minimum atomic E-state index is -2.87. The standard InChI is InChI=1S/C16H23NO3S2/c1-2-9-17(11-14-6-4-3-5-7-14)16(18)12-21-15-8-10-22(19,20)13-15/h3-7,15H,2,8-13H2,1H3. The minimum absolute atomic E-state index is 0.0779. The summed E-state index contributed by atoms with van der Waals surface area (Å²) in [5.41, 5.74) is 1.12. The molecule has 1 aromatic carbocycles. The highest BCUT2D eigenvalue weighted by molar-refractivity contribution is 8.02. The SMILES string of the molecule is CCCN(Cc1ccccc1)C(=O)CSC1CCS(=O)(=O)C1. The van der Waals surface area contributed by atoms with Crippen LogP contribution >= 0.6 is 11.8 Å². The third-order valence-corrected chi connectivity index (χ3v) is 6.96. The molecule has 6 heteroatoms. The van der Waals surface area contributed by atoms with Crippen LogP contribution in [0.25, 0.3) is 0 Å². The number of carbonyl (C=O) groups excluding carboxylic acids is 1. The van der Waals surface area contributed by atoms with Gasteiger partial charge in [-0.3, -0.25) is 4.79 Å². The van der Waals surface area contributed by atoms with Gasteiger partial charge in [-0.2, -0.15) is 0 Å². The molecule has 0 aliphatic carbocycles. The number of hydrogen-bond acceptors (Lipinski definition) is 4. The smallest absolute Gasteiger partial charge is 0.232 e. The van der Waals surface area contributed by atoms with Gasteiger partial charge < -0.3 is 4.90 Å². The van der Waals surface area contributed by atoms with Crippen LogP contribution in [0.3, 0.4) is 0 Å². The maximum absolute atomic E-state index is 12.4. The number of amides is 1. The minimum Gasteiger partial charge on any atom is -0.338 e. The zero-order valence-corrected chi connectivity index (χ0v) is 14.5. The Kier molecular flexibility index (Phi) is 6.32. The summed E-state index contributed by atoms with van der Waals surface area (Å²) in [6.45, 7) is 3.41. The summed E-state index contributed by atoms with van der Waals surface area (Å²) in [7, 11) is -2.87. The highest BCUT2D eigenvalue weighted by Crippen LogP contribution is 2.24. The fourth-order valence-corrected chi connectivity index (χ4v) is 6.08. The first-order valence-corrected chi connectivity index (χ1v) is 10.5. The molecule has 1 aromatic rings. The van der Waals surface area contributed by atoms with Crippen LogP contribution in [0.5, 0.6) is 0 Å². The second-order valence-electron chi connectivity index (χ2n) is 5.64. The predicted molar refractivity (Wildman–Crippen MR) is 91.7 cm³/mol. The van der Waals surface area contributed by atoms with Crippen molar-refractivity contribution in [1.82, 2.24) is 4.90 Å². The molecule has 1 aliphatic rings. The Morgan fingerprint density at radius 3 is 2.64 bits per heavy atom. The van der Waals surface area contributed by atoms with Crippen LogP contribution in [-0.2, 0) is 21.2 Å². The first kappa shape index (κ1) is 17.3. The number of nitrogens with zero attached hydrogens (tertiary/aromatic N) is 1. The summed E-state index contributed by atoms with van der Waals surface area (Å²) in [5.74, 6) is 0.950. The molecule has 1 heterocycles. The Morgan fingerprint density at radius 2 is 2.05 bits per heavy atom. The number of sulfone groups is 1. The third-order valence-electron chi connectivity index (χ3n) is 3.70. The van der Waals surface area contributed by atoms with E-state index in [-0.39, 0.29) is 22.7 Å². The van der Waals surface area contributed by atoms with Gasteiger partial charge in [0.2, 0.25) is 5.91 Å². The first-order valence-electron chi connectivity index (χ1n) is 7.64. The monoisotopic (exact) mass is 341 g/mol. The fraction of sp³-hybridized carbons (Fsp3) is 0.562. The van der Waals surface area contributed by atoms with Gasteiger partial charge in [0.25, 0.3) is 0 Å². The second kappa shape index (κ2) is 8.02. The largest absolute Gasteiger partial charge is 0.338 e. The lowest BCUT2D eigenvalue weighted by molar-refractivity contribution is -0.129. The van der Waals surface area contributed by atoms with Crippen molar-refractivity contribution >= 4 is 27.5 Å². The average molecular weight is 341 g/mol. The van der Waals surface area contributed by atoms with Crippen LogP contribution in [0.4, 0.5) is 0 Å². The van der Waals surface area contributed by atoms with Crippen LogP contribution in [0.15, 0.2) is 30.3 Å². The Labute approximate surface area is 137 Å². The van der Waals surface area contributed by atoms with Crippen LogP contribution < -0.4 is 0 Å². The van der Waals surface area contributed by atoms with E-state index in [1.165, 1.54) is 11.8 Å². The Hall–Kier alpha value is -1.01. The van der Waals surface area contributed by atoms with E-state index in [0.29, 0.717) is 18.7 Å². The third kappa shape index (κ3) is 5.32. The van der Waals surface area contributed by atoms with Crippen molar-refractivity contribution in [3.63, 3.8) is 0 Å². The Morgan fingerprint density at radius 1 is 1.32 bits per heavy atom. The summed E-state index contributed by atoms with van der Waals surface area (Å²) < 4.78 is 22.9. The zero-order chi connectivity index (χ0) is 16.0. The van der Waals surface area contributed by atoms with Gasteiger partial charge in [-0.1, -0.05) is 37.3 Å². The molecule has 1 saturated heterocycles. The lowest BCUT2D eigenvalue weighted by Crippen LogP contribution is -2.33. The Bertz CT molecular complexity index is 587. The number of hydrogen-bond donors (Lipinski definition) is 0. The van der Waals surface area contributed by atoms with Gasteiger partial charge >= 0.3 is 0 Å². The van der Waals surface area contributed by atoms with E-state index in [2.05, 4.69) is 6.92 Å². The van der Waals surface area contributed by atoms with Crippen molar-refractivity contribution < 1.29 is 13.2 Å². The van der Waals surface area contributed by atoms with Gasteiger partial charge in [0.05, 0.1) is 17.3 Å². The molecule has 0 N–H and O–H groups in total. The molecule has 1 atom stereocenters. The van der Waals surface area contributed by atoms with Crippen LogP contribution in [-0.4, -0.2) is 48.3 Å². The van der Waals surface area contributed by atoms with Crippen molar-refractivity contribution in [1.29, 1.82) is 0 Å². The number of carbonyl (C=O) groups is 1. The van der Waals surface area contributed by atoms with Gasteiger partial charge in [0.1, 0.15) is 0 Å². The first-order chi connectivity index (χ1) is 10.5. The maximum Gasteiger partial charge on any atom is 0.232 e. The van der Waals surface area contributed by atoms with E-state index in [4.69, 9.17) is 0 Å². The Balaban J connectivity index is 1.87. The highest BCUT2D eigenvalue weighted by atomic mass is 32.2. The van der Waals surface area contributed by atoms with Crippen molar-refractivity contribution in [3.05, 3.63) is 35.9 Å². The van der Waals surface area contributed by atoms with Crippen LogP contribution in [0.1, 0.15) is 25.3 Å². The van der Waals surface area contributed by atoms with E-state index in [9.17, 15) is 13.2 Å². The molecule has 122 valence electrons. The predicted octanol–water partition coefficient (Wildman–Crippen LogP) is 2.35. The molecule has 0 aromatic heterocycles. The second-order valence-corrected chi connectivity index (χ2v) is 9.15. The fourth-order valence-electron chi connectivity index (χ4n) is 2.54. The lowest BCUT2D eigenvalue weighted by Gasteiger charge is -2.22. The van der Waals surface area contributed by atoms with Crippen molar-refractivity contribution in [2.24, 2.45) is 0 Å². The van der Waals surface area contributed by atoms with Crippen LogP contribution in [0.2, 0.25) is 0 Å². The molecule has 1 fully saturated rings. The molecule has 0 bridgehead atoms. The van der Waals surface area contributed by atoms with E-state index in [1.54, 1.807) is 0 Å². The molecule has 2 rings (SSSR count). The zero-order valence-electron chi connectivity index (χ0n) is 12.9. The summed E-state index contributed by atoms with van der Waals surface area (Å²) in [4.78, 5) is 14.3. The number of thioether (sulfide) groups is 1. The van der Waals surface area contributed by atoms with E-state index in [0.717, 1.165) is 18.5 Å². The molecule has 1 aliphatic heterocycles. The van der Waals surface area contributed by atoms with Gasteiger partial charge in [0.15, 0.2) is 9.84 Å². The molecular formula is C16H23NO3S2.